The molecule has 1 aliphatic carbocycles. The van der Waals surface area contributed by atoms with E-state index in [1.807, 2.05) is 23.9 Å². The Hall–Kier alpha value is -1.21. The van der Waals surface area contributed by atoms with E-state index in [-0.39, 0.29) is 0 Å². The third-order valence-electron chi connectivity index (χ3n) is 3.83. The van der Waals surface area contributed by atoms with Gasteiger partial charge in [-0.15, -0.1) is 0 Å². The largest absolute Gasteiger partial charge is 0.0991 e. The molecule has 1 heteroatoms. The quantitative estimate of drug-likeness (QED) is 0.507. The van der Waals surface area contributed by atoms with Crippen LogP contribution in [0.4, 0.5) is 0 Å². The highest BCUT2D eigenvalue weighted by Gasteiger charge is 2.43. The van der Waals surface area contributed by atoms with Gasteiger partial charge in [0.1, 0.15) is 0 Å². The maximum Gasteiger partial charge on any atom is 0.0178 e. The molecule has 2 atom stereocenters. The molecule has 0 aliphatic heterocycles. The number of allylic oxidation sites excluding steroid dienone is 9. The van der Waals surface area contributed by atoms with Gasteiger partial charge in [0.15, 0.2) is 0 Å². The van der Waals surface area contributed by atoms with Crippen LogP contribution in [0.5, 0.6) is 0 Å². The van der Waals surface area contributed by atoms with Gasteiger partial charge in [0, 0.05) is 10.8 Å². The van der Waals surface area contributed by atoms with Gasteiger partial charge in [-0.1, -0.05) is 73.4 Å². The van der Waals surface area contributed by atoms with Gasteiger partial charge >= 0.3 is 0 Å². The van der Waals surface area contributed by atoms with Crippen molar-refractivity contribution >= 4 is 11.8 Å². The Morgan fingerprint density at radius 1 is 1.20 bits per heavy atom. The number of thioether (sulfide) groups is 1. The molecular formula is C19H26S. The zero-order valence-corrected chi connectivity index (χ0v) is 14.2. The summed E-state index contributed by atoms with van der Waals surface area (Å²) in [6.45, 7) is 18.8. The number of hydrogen-bond acceptors (Lipinski definition) is 1. The zero-order valence-electron chi connectivity index (χ0n) is 13.4. The van der Waals surface area contributed by atoms with Crippen molar-refractivity contribution in [3.63, 3.8) is 0 Å². The second-order valence-corrected chi connectivity index (χ2v) is 6.36. The lowest BCUT2D eigenvalue weighted by Crippen LogP contribution is -1.85. The number of rotatable bonds is 6. The molecule has 0 aromatic carbocycles. The topological polar surface area (TPSA) is 0 Å². The van der Waals surface area contributed by atoms with Crippen LogP contribution in [0, 0.1) is 11.8 Å². The first kappa shape index (κ1) is 16.8. The SMILES string of the molecule is C=C/C=C\C(C)=C1/C(C)C1C(=C)SC(=C\C)/C(C)=C/C. The number of hydrogen-bond donors (Lipinski definition) is 0. The Bertz CT molecular complexity index is 512. The molecular weight excluding hydrogens is 260 g/mol. The minimum atomic E-state index is 0.522. The highest BCUT2D eigenvalue weighted by molar-refractivity contribution is 8.07. The van der Waals surface area contributed by atoms with Crippen LogP contribution >= 0.6 is 11.8 Å². The van der Waals surface area contributed by atoms with E-state index in [2.05, 4.69) is 66.0 Å². The van der Waals surface area contributed by atoms with Crippen LogP contribution in [0.25, 0.3) is 0 Å². The van der Waals surface area contributed by atoms with E-state index in [1.54, 1.807) is 0 Å². The minimum absolute atomic E-state index is 0.522. The van der Waals surface area contributed by atoms with Crippen molar-refractivity contribution in [3.8, 4) is 0 Å². The smallest absolute Gasteiger partial charge is 0.0178 e. The Morgan fingerprint density at radius 3 is 2.35 bits per heavy atom. The molecule has 0 radical (unpaired) electrons. The van der Waals surface area contributed by atoms with Crippen LogP contribution in [0.3, 0.4) is 0 Å². The molecule has 0 aromatic heterocycles. The summed E-state index contributed by atoms with van der Waals surface area (Å²) < 4.78 is 0. The van der Waals surface area contributed by atoms with Crippen molar-refractivity contribution in [2.24, 2.45) is 11.8 Å². The van der Waals surface area contributed by atoms with Crippen molar-refractivity contribution in [2.45, 2.75) is 34.6 Å². The molecule has 2 unspecified atom stereocenters. The Labute approximate surface area is 128 Å². The lowest BCUT2D eigenvalue weighted by molar-refractivity contribution is 0.895. The first-order chi connectivity index (χ1) is 9.47. The third-order valence-corrected chi connectivity index (χ3v) is 5.12. The van der Waals surface area contributed by atoms with Gasteiger partial charge in [0.05, 0.1) is 0 Å². The Balaban J connectivity index is 2.81. The Kier molecular flexibility index (Phi) is 6.35. The van der Waals surface area contributed by atoms with Gasteiger partial charge in [-0.25, -0.2) is 0 Å². The summed E-state index contributed by atoms with van der Waals surface area (Å²) in [4.78, 5) is 2.57. The molecule has 20 heavy (non-hydrogen) atoms. The molecule has 108 valence electrons. The fraction of sp³-hybridized carbons (Fsp3) is 0.368. The van der Waals surface area contributed by atoms with Gasteiger partial charge in [-0.2, -0.15) is 0 Å². The van der Waals surface area contributed by atoms with Gasteiger partial charge in [0.25, 0.3) is 0 Å². The molecule has 0 N–H and O–H groups in total. The first-order valence-corrected chi connectivity index (χ1v) is 7.95. The average Bonchev–Trinajstić information content (AvgIpc) is 3.12. The second kappa shape index (κ2) is 7.54. The summed E-state index contributed by atoms with van der Waals surface area (Å²) in [5, 5.41) is 0. The van der Waals surface area contributed by atoms with Crippen LogP contribution in [-0.2, 0) is 0 Å². The molecule has 0 nitrogen and oxygen atoms in total. The lowest BCUT2D eigenvalue weighted by atomic mass is 10.2. The van der Waals surface area contributed by atoms with E-state index in [1.165, 1.54) is 26.5 Å². The van der Waals surface area contributed by atoms with Crippen molar-refractivity contribution in [2.75, 3.05) is 0 Å². The summed E-state index contributed by atoms with van der Waals surface area (Å²) in [5.74, 6) is 1.14. The Morgan fingerprint density at radius 2 is 1.85 bits per heavy atom. The monoisotopic (exact) mass is 286 g/mol. The van der Waals surface area contributed by atoms with Gasteiger partial charge in [-0.3, -0.25) is 0 Å². The molecule has 0 spiro atoms. The highest BCUT2D eigenvalue weighted by Crippen LogP contribution is 2.55. The summed E-state index contributed by atoms with van der Waals surface area (Å²) in [6.07, 6.45) is 10.3. The molecule has 0 heterocycles. The summed E-state index contributed by atoms with van der Waals surface area (Å²) in [6, 6.07) is 0. The average molecular weight is 286 g/mol. The predicted molar refractivity (Wildman–Crippen MR) is 94.6 cm³/mol. The van der Waals surface area contributed by atoms with E-state index in [4.69, 9.17) is 0 Å². The molecule has 0 amide bonds. The van der Waals surface area contributed by atoms with Crippen molar-refractivity contribution in [1.29, 1.82) is 0 Å². The molecule has 1 aliphatic rings. The van der Waals surface area contributed by atoms with Crippen LogP contribution in [0.15, 0.2) is 70.1 Å². The summed E-state index contributed by atoms with van der Waals surface area (Å²) in [5.41, 5.74) is 4.20. The molecule has 1 saturated carbocycles. The molecule has 1 fully saturated rings. The minimum Gasteiger partial charge on any atom is -0.0991 e. The van der Waals surface area contributed by atoms with E-state index in [9.17, 15) is 0 Å². The zero-order chi connectivity index (χ0) is 15.3. The van der Waals surface area contributed by atoms with Gasteiger partial charge < -0.3 is 0 Å². The molecule has 0 aromatic rings. The van der Waals surface area contributed by atoms with Crippen LogP contribution < -0.4 is 0 Å². The normalized spacial score (nSPS) is 25.9. The van der Waals surface area contributed by atoms with E-state index in [0.717, 1.165) is 0 Å². The maximum atomic E-state index is 4.30. The summed E-state index contributed by atoms with van der Waals surface area (Å²) in [7, 11) is 0. The fourth-order valence-electron chi connectivity index (χ4n) is 2.47. The van der Waals surface area contributed by atoms with Crippen LogP contribution in [0.1, 0.15) is 34.6 Å². The molecule has 0 bridgehead atoms. The molecule has 0 saturated heterocycles. The van der Waals surface area contributed by atoms with Crippen molar-refractivity contribution in [3.05, 3.63) is 70.1 Å². The third kappa shape index (κ3) is 3.89. The van der Waals surface area contributed by atoms with Crippen LogP contribution in [-0.4, -0.2) is 0 Å². The van der Waals surface area contributed by atoms with E-state index >= 15 is 0 Å². The van der Waals surface area contributed by atoms with Gasteiger partial charge in [0.2, 0.25) is 0 Å². The van der Waals surface area contributed by atoms with Crippen molar-refractivity contribution < 1.29 is 0 Å². The molecule has 1 rings (SSSR count). The van der Waals surface area contributed by atoms with E-state index in [0.29, 0.717) is 11.8 Å². The predicted octanol–water partition coefficient (Wildman–Crippen LogP) is 6.43. The highest BCUT2D eigenvalue weighted by atomic mass is 32.2. The second-order valence-electron chi connectivity index (χ2n) is 5.19. The van der Waals surface area contributed by atoms with Gasteiger partial charge in [-0.05, 0) is 44.1 Å². The van der Waals surface area contributed by atoms with Crippen molar-refractivity contribution in [1.82, 2.24) is 0 Å². The lowest BCUT2D eigenvalue weighted by Gasteiger charge is -2.08. The van der Waals surface area contributed by atoms with Crippen LogP contribution in [0.2, 0.25) is 0 Å². The van der Waals surface area contributed by atoms with E-state index < -0.39 is 0 Å². The summed E-state index contributed by atoms with van der Waals surface area (Å²) >= 11 is 1.82. The fourth-order valence-corrected chi connectivity index (χ4v) is 3.61. The standard InChI is InChI=1S/C19H26S/c1-8-11-12-14(5)18-15(6)19(18)16(7)20-17(10-3)13(4)9-2/h8-12,15,19H,1,7H2,2-6H3/b12-11-,13-9+,17-10-,18-14+. The maximum absolute atomic E-state index is 4.30. The first-order valence-electron chi connectivity index (χ1n) is 7.13.